The number of nitrogens with one attached hydrogen (secondary N) is 1. The minimum atomic E-state index is 0.518. The molecule has 3 aromatic heterocycles. The van der Waals surface area contributed by atoms with E-state index in [9.17, 15) is 0 Å². The van der Waals surface area contributed by atoms with Crippen molar-refractivity contribution < 1.29 is 4.74 Å². The van der Waals surface area contributed by atoms with Crippen LogP contribution < -0.4 is 10.1 Å². The smallest absolute Gasteiger partial charge is 0.228 e. The monoisotopic (exact) mass is 399 g/mol. The molecule has 142 valence electrons. The van der Waals surface area contributed by atoms with Crippen molar-refractivity contribution in [2.24, 2.45) is 0 Å². The quantitative estimate of drug-likeness (QED) is 0.435. The van der Waals surface area contributed by atoms with Crippen LogP contribution in [0.2, 0.25) is 0 Å². The van der Waals surface area contributed by atoms with Crippen LogP contribution in [0.5, 0.6) is 5.75 Å². The number of hydrogen-bond acceptors (Lipinski definition) is 6. The topological polar surface area (TPSA) is 64.9 Å². The maximum Gasteiger partial charge on any atom is 0.228 e. The zero-order valence-electron chi connectivity index (χ0n) is 15.6. The van der Waals surface area contributed by atoms with E-state index in [2.05, 4.69) is 20.8 Å². The van der Waals surface area contributed by atoms with E-state index in [0.717, 1.165) is 38.6 Å². The number of benzene rings is 2. The second kappa shape index (κ2) is 7.37. The Bertz CT molecular complexity index is 1280. The van der Waals surface area contributed by atoms with Gasteiger partial charge in [-0.05, 0) is 18.2 Å². The summed E-state index contributed by atoms with van der Waals surface area (Å²) in [7, 11) is 1.68. The lowest BCUT2D eigenvalue weighted by atomic mass is 10.1. The first-order chi connectivity index (χ1) is 14.3. The fraction of sp³-hybridized carbons (Fsp3) is 0.0455. The number of fused-ring (bicyclic) bond motifs is 1. The molecule has 0 saturated carbocycles. The van der Waals surface area contributed by atoms with Gasteiger partial charge in [-0.15, -0.1) is 11.3 Å². The highest BCUT2D eigenvalue weighted by Crippen LogP contribution is 2.37. The molecule has 5 rings (SSSR count). The molecule has 0 atom stereocenters. The first-order valence-electron chi connectivity index (χ1n) is 9.07. The Kier molecular flexibility index (Phi) is 4.42. The van der Waals surface area contributed by atoms with Crippen molar-refractivity contribution in [2.45, 2.75) is 0 Å². The minimum absolute atomic E-state index is 0.518. The standard InChI is InChI=1S/C22H17N5OS/c1-28-18-10-6-5-9-16(18)17-14-29-19-13-23-22(26-21(17)19)25-20-11-12-24-27(20)15-7-3-2-4-8-15/h2-14H,1H3,(H,23,25,26). The van der Waals surface area contributed by atoms with Crippen LogP contribution >= 0.6 is 11.3 Å². The highest BCUT2D eigenvalue weighted by Gasteiger charge is 2.14. The molecule has 0 aliphatic rings. The van der Waals surface area contributed by atoms with Crippen LogP contribution in [0.1, 0.15) is 0 Å². The number of methoxy groups -OCH3 is 1. The van der Waals surface area contributed by atoms with Crippen LogP contribution in [-0.2, 0) is 0 Å². The van der Waals surface area contributed by atoms with Crippen LogP contribution in [0.4, 0.5) is 11.8 Å². The Morgan fingerprint density at radius 1 is 0.966 bits per heavy atom. The third kappa shape index (κ3) is 3.21. The van der Waals surface area contributed by atoms with Crippen molar-refractivity contribution in [1.29, 1.82) is 0 Å². The SMILES string of the molecule is COc1ccccc1-c1csc2cnc(Nc3ccnn3-c3ccccc3)nc12. The molecule has 1 N–H and O–H groups in total. The molecule has 0 amide bonds. The molecular weight excluding hydrogens is 382 g/mol. The lowest BCUT2D eigenvalue weighted by Crippen LogP contribution is -2.04. The van der Waals surface area contributed by atoms with Gasteiger partial charge in [0.15, 0.2) is 0 Å². The fourth-order valence-corrected chi connectivity index (χ4v) is 4.10. The van der Waals surface area contributed by atoms with Crippen molar-refractivity contribution in [3.63, 3.8) is 0 Å². The highest BCUT2D eigenvalue weighted by molar-refractivity contribution is 7.17. The molecule has 0 radical (unpaired) electrons. The largest absolute Gasteiger partial charge is 0.496 e. The molecule has 3 heterocycles. The van der Waals surface area contributed by atoms with Gasteiger partial charge in [0.2, 0.25) is 5.95 Å². The number of anilines is 2. The van der Waals surface area contributed by atoms with E-state index in [1.807, 2.05) is 71.5 Å². The Morgan fingerprint density at radius 3 is 2.66 bits per heavy atom. The average Bonchev–Trinajstić information content (AvgIpc) is 3.41. The lowest BCUT2D eigenvalue weighted by Gasteiger charge is -2.09. The molecule has 7 heteroatoms. The molecule has 5 aromatic rings. The van der Waals surface area contributed by atoms with E-state index in [1.165, 1.54) is 0 Å². The summed E-state index contributed by atoms with van der Waals surface area (Å²) in [5, 5.41) is 9.79. The molecule has 2 aromatic carbocycles. The molecule has 0 unspecified atom stereocenters. The highest BCUT2D eigenvalue weighted by atomic mass is 32.1. The Hall–Kier alpha value is -3.71. The summed E-state index contributed by atoms with van der Waals surface area (Å²) in [6, 6.07) is 19.8. The summed E-state index contributed by atoms with van der Waals surface area (Å²) in [6.45, 7) is 0. The van der Waals surface area contributed by atoms with Crippen molar-refractivity contribution >= 4 is 33.3 Å². The number of ether oxygens (including phenoxy) is 1. The summed E-state index contributed by atoms with van der Waals surface area (Å²) >= 11 is 1.62. The zero-order valence-corrected chi connectivity index (χ0v) is 16.4. The molecule has 6 nitrogen and oxygen atoms in total. The molecule has 29 heavy (non-hydrogen) atoms. The average molecular weight is 399 g/mol. The van der Waals surface area contributed by atoms with Gasteiger partial charge in [-0.3, -0.25) is 0 Å². The van der Waals surface area contributed by atoms with Crippen LogP contribution in [0.25, 0.3) is 27.0 Å². The van der Waals surface area contributed by atoms with Crippen LogP contribution in [-0.4, -0.2) is 26.9 Å². The summed E-state index contributed by atoms with van der Waals surface area (Å²) in [6.07, 6.45) is 3.59. The van der Waals surface area contributed by atoms with E-state index < -0.39 is 0 Å². The number of para-hydroxylation sites is 2. The molecule has 0 aliphatic heterocycles. The van der Waals surface area contributed by atoms with Crippen LogP contribution in [0.3, 0.4) is 0 Å². The van der Waals surface area contributed by atoms with E-state index in [4.69, 9.17) is 9.72 Å². The predicted molar refractivity (Wildman–Crippen MR) is 116 cm³/mol. The van der Waals surface area contributed by atoms with Crippen molar-refractivity contribution in [3.05, 3.63) is 78.4 Å². The number of thiophene rings is 1. The van der Waals surface area contributed by atoms with Gasteiger partial charge in [0.1, 0.15) is 11.6 Å². The van der Waals surface area contributed by atoms with Gasteiger partial charge in [0, 0.05) is 22.6 Å². The Balaban J connectivity index is 1.54. The zero-order chi connectivity index (χ0) is 19.6. The predicted octanol–water partition coefficient (Wildman–Crippen LogP) is 5.30. The van der Waals surface area contributed by atoms with Crippen LogP contribution in [0.15, 0.2) is 78.4 Å². The second-order valence-corrected chi connectivity index (χ2v) is 7.26. The lowest BCUT2D eigenvalue weighted by molar-refractivity contribution is 0.416. The Labute approximate surface area is 171 Å². The number of nitrogens with zero attached hydrogens (tertiary/aromatic N) is 4. The van der Waals surface area contributed by atoms with Gasteiger partial charge < -0.3 is 10.1 Å². The van der Waals surface area contributed by atoms with Crippen LogP contribution in [0, 0.1) is 0 Å². The van der Waals surface area contributed by atoms with E-state index in [0.29, 0.717) is 5.95 Å². The van der Waals surface area contributed by atoms with E-state index in [-0.39, 0.29) is 0 Å². The third-order valence-corrected chi connectivity index (χ3v) is 5.50. The van der Waals surface area contributed by atoms with Crippen molar-refractivity contribution in [3.8, 4) is 22.6 Å². The number of aromatic nitrogens is 4. The fourth-order valence-electron chi connectivity index (χ4n) is 3.23. The first-order valence-corrected chi connectivity index (χ1v) is 9.95. The first kappa shape index (κ1) is 17.4. The van der Waals surface area contributed by atoms with Gasteiger partial charge in [0.25, 0.3) is 0 Å². The van der Waals surface area contributed by atoms with Gasteiger partial charge in [-0.1, -0.05) is 36.4 Å². The van der Waals surface area contributed by atoms with Gasteiger partial charge >= 0.3 is 0 Å². The molecule has 0 spiro atoms. The number of hydrogen-bond donors (Lipinski definition) is 1. The molecule has 0 fully saturated rings. The minimum Gasteiger partial charge on any atom is -0.496 e. The molecule has 0 saturated heterocycles. The summed E-state index contributed by atoms with van der Waals surface area (Å²) in [4.78, 5) is 9.27. The van der Waals surface area contributed by atoms with E-state index in [1.54, 1.807) is 24.6 Å². The van der Waals surface area contributed by atoms with Crippen molar-refractivity contribution in [2.75, 3.05) is 12.4 Å². The molecule has 0 bridgehead atoms. The normalized spacial score (nSPS) is 10.9. The molecular formula is C22H17N5OS. The molecule has 0 aliphatic carbocycles. The Morgan fingerprint density at radius 2 is 1.79 bits per heavy atom. The summed E-state index contributed by atoms with van der Waals surface area (Å²) in [5.74, 6) is 2.14. The second-order valence-electron chi connectivity index (χ2n) is 6.34. The maximum absolute atomic E-state index is 5.53. The maximum atomic E-state index is 5.53. The van der Waals surface area contributed by atoms with E-state index >= 15 is 0 Å². The van der Waals surface area contributed by atoms with Gasteiger partial charge in [-0.2, -0.15) is 5.10 Å². The number of rotatable bonds is 5. The van der Waals surface area contributed by atoms with Gasteiger partial charge in [-0.25, -0.2) is 14.6 Å². The van der Waals surface area contributed by atoms with Crippen molar-refractivity contribution in [1.82, 2.24) is 19.7 Å². The third-order valence-electron chi connectivity index (χ3n) is 4.59. The summed E-state index contributed by atoms with van der Waals surface area (Å²) in [5.41, 5.74) is 3.90. The summed E-state index contributed by atoms with van der Waals surface area (Å²) < 4.78 is 8.38. The van der Waals surface area contributed by atoms with Gasteiger partial charge in [0.05, 0.1) is 35.4 Å².